The van der Waals surface area contributed by atoms with Crippen molar-refractivity contribution in [2.24, 2.45) is 0 Å². The van der Waals surface area contributed by atoms with Gasteiger partial charge in [0.2, 0.25) is 0 Å². The Labute approximate surface area is 211 Å². The third kappa shape index (κ3) is 2.70. The van der Waals surface area contributed by atoms with Crippen LogP contribution in [0.4, 0.5) is 0 Å². The fraction of sp³-hybridized carbons (Fsp3) is 0.0312. The zero-order valence-electron chi connectivity index (χ0n) is 19.6. The molecule has 0 unspecified atom stereocenters. The minimum absolute atomic E-state index is 1.04. The molecule has 36 heavy (non-hydrogen) atoms. The number of aromatic nitrogens is 3. The molecule has 0 saturated carbocycles. The molecule has 170 valence electrons. The number of imidazole rings is 1. The van der Waals surface area contributed by atoms with Gasteiger partial charge in [0.25, 0.3) is 0 Å². The van der Waals surface area contributed by atoms with Crippen LogP contribution in [0, 0.1) is 6.92 Å². The van der Waals surface area contributed by atoms with Gasteiger partial charge in [-0.2, -0.15) is 0 Å². The van der Waals surface area contributed by atoms with E-state index in [0.717, 1.165) is 16.0 Å². The fourth-order valence-corrected chi connectivity index (χ4v) is 6.77. The second-order valence-corrected chi connectivity index (χ2v) is 10.4. The number of thiazole rings is 1. The highest BCUT2D eigenvalue weighted by molar-refractivity contribution is 7.24. The Morgan fingerprint density at radius 3 is 2.28 bits per heavy atom. The minimum atomic E-state index is 1.04. The van der Waals surface area contributed by atoms with Gasteiger partial charge in [0.1, 0.15) is 0 Å². The van der Waals surface area contributed by atoms with Crippen LogP contribution >= 0.6 is 11.3 Å². The predicted molar refractivity (Wildman–Crippen MR) is 153 cm³/mol. The molecule has 0 aliphatic carbocycles. The van der Waals surface area contributed by atoms with Crippen LogP contribution < -0.4 is 0 Å². The number of hydrogen-bond acceptors (Lipinski definition) is 2. The Bertz CT molecular complexity index is 2110. The Balaban J connectivity index is 1.42. The lowest BCUT2D eigenvalue weighted by Crippen LogP contribution is -1.93. The molecule has 3 nitrogen and oxygen atoms in total. The summed E-state index contributed by atoms with van der Waals surface area (Å²) in [6.45, 7) is 2.17. The molecule has 5 aromatic carbocycles. The zero-order chi connectivity index (χ0) is 23.8. The van der Waals surface area contributed by atoms with E-state index in [0.29, 0.717) is 0 Å². The number of hydrogen-bond donors (Lipinski definition) is 0. The van der Waals surface area contributed by atoms with Crippen molar-refractivity contribution >= 4 is 59.4 Å². The average molecular weight is 480 g/mol. The second kappa shape index (κ2) is 7.30. The van der Waals surface area contributed by atoms with E-state index in [9.17, 15) is 0 Å². The molecule has 0 aliphatic rings. The number of aryl methyl sites for hydroxylation is 1. The molecule has 0 aliphatic heterocycles. The molecule has 0 fully saturated rings. The summed E-state index contributed by atoms with van der Waals surface area (Å²) in [5, 5.41) is 2.56. The standard InChI is InChI=1S/C32H21N3S/c1-20-14-16-27-24(18-20)25-19-21(15-17-28(25)34(27)22-8-3-2-4-9-22)23-10-7-13-30-31(23)36-32-33-26-11-5-6-12-29(26)35(30)32/h2-19H,1H3. The smallest absolute Gasteiger partial charge is 0.195 e. The normalized spacial score (nSPS) is 12.0. The van der Waals surface area contributed by atoms with E-state index >= 15 is 0 Å². The molecule has 0 amide bonds. The summed E-state index contributed by atoms with van der Waals surface area (Å²) in [6, 6.07) is 39.3. The van der Waals surface area contributed by atoms with Crippen LogP contribution in [0.2, 0.25) is 0 Å². The van der Waals surface area contributed by atoms with Crippen molar-refractivity contribution in [3.63, 3.8) is 0 Å². The Hall–Kier alpha value is -4.41. The van der Waals surface area contributed by atoms with E-state index in [1.54, 1.807) is 11.3 Å². The number of fused-ring (bicyclic) bond motifs is 8. The van der Waals surface area contributed by atoms with Crippen molar-refractivity contribution in [1.29, 1.82) is 0 Å². The van der Waals surface area contributed by atoms with E-state index in [4.69, 9.17) is 4.98 Å². The molecule has 0 radical (unpaired) electrons. The first-order chi connectivity index (χ1) is 17.8. The molecule has 0 atom stereocenters. The van der Waals surface area contributed by atoms with Crippen LogP contribution in [0.3, 0.4) is 0 Å². The lowest BCUT2D eigenvalue weighted by atomic mass is 10.0. The highest BCUT2D eigenvalue weighted by atomic mass is 32.1. The van der Waals surface area contributed by atoms with Crippen molar-refractivity contribution in [1.82, 2.24) is 14.0 Å². The molecule has 0 saturated heterocycles. The summed E-state index contributed by atoms with van der Waals surface area (Å²) in [5.41, 5.74) is 10.8. The lowest BCUT2D eigenvalue weighted by molar-refractivity contribution is 1.18. The molecule has 0 spiro atoms. The van der Waals surface area contributed by atoms with E-state index in [-0.39, 0.29) is 0 Å². The highest BCUT2D eigenvalue weighted by Gasteiger charge is 2.17. The van der Waals surface area contributed by atoms with Gasteiger partial charge >= 0.3 is 0 Å². The van der Waals surface area contributed by atoms with Crippen LogP contribution in [0.25, 0.3) is 64.8 Å². The van der Waals surface area contributed by atoms with Crippen LogP contribution in [0.1, 0.15) is 5.56 Å². The molecule has 0 bridgehead atoms. The van der Waals surface area contributed by atoms with Crippen molar-refractivity contribution < 1.29 is 0 Å². The second-order valence-electron chi connectivity index (χ2n) is 9.40. The average Bonchev–Trinajstić information content (AvgIpc) is 3.56. The van der Waals surface area contributed by atoms with E-state index < -0.39 is 0 Å². The predicted octanol–water partition coefficient (Wildman–Crippen LogP) is 8.77. The zero-order valence-corrected chi connectivity index (χ0v) is 20.5. The summed E-state index contributed by atoms with van der Waals surface area (Å²) in [4.78, 5) is 5.94. The van der Waals surface area contributed by atoms with Crippen molar-refractivity contribution in [2.75, 3.05) is 0 Å². The van der Waals surface area contributed by atoms with E-state index in [1.165, 1.54) is 54.4 Å². The third-order valence-corrected chi connectivity index (χ3v) is 8.29. The summed E-state index contributed by atoms with van der Waals surface area (Å²) in [7, 11) is 0. The molecule has 8 rings (SSSR count). The molecular weight excluding hydrogens is 458 g/mol. The van der Waals surface area contributed by atoms with Gasteiger partial charge in [-0.3, -0.25) is 4.40 Å². The van der Waals surface area contributed by atoms with Gasteiger partial charge in [-0.05, 0) is 67.1 Å². The Morgan fingerprint density at radius 1 is 0.639 bits per heavy atom. The maximum Gasteiger partial charge on any atom is 0.195 e. The van der Waals surface area contributed by atoms with E-state index in [2.05, 4.69) is 125 Å². The summed E-state index contributed by atoms with van der Waals surface area (Å²) >= 11 is 1.77. The summed E-state index contributed by atoms with van der Waals surface area (Å²) in [6.07, 6.45) is 0. The molecule has 0 N–H and O–H groups in total. The van der Waals surface area contributed by atoms with Gasteiger partial charge in [0, 0.05) is 22.0 Å². The van der Waals surface area contributed by atoms with Crippen LogP contribution in [0.15, 0.2) is 109 Å². The maximum atomic E-state index is 4.90. The first-order valence-corrected chi connectivity index (χ1v) is 13.0. The maximum absolute atomic E-state index is 4.90. The van der Waals surface area contributed by atoms with Crippen molar-refractivity contribution in [2.45, 2.75) is 6.92 Å². The van der Waals surface area contributed by atoms with Gasteiger partial charge in [-0.15, -0.1) is 0 Å². The SMILES string of the molecule is Cc1ccc2c(c1)c1cc(-c3cccc4c3sc3nc5ccccc5n34)ccc1n2-c1ccccc1. The van der Waals surface area contributed by atoms with Crippen LogP contribution in [-0.2, 0) is 0 Å². The molecule has 3 heterocycles. The topological polar surface area (TPSA) is 22.2 Å². The molecule has 3 aromatic heterocycles. The Kier molecular flexibility index (Phi) is 4.02. The van der Waals surface area contributed by atoms with Crippen LogP contribution in [0.5, 0.6) is 0 Å². The largest absolute Gasteiger partial charge is 0.309 e. The molecule has 8 aromatic rings. The lowest BCUT2D eigenvalue weighted by Gasteiger charge is -2.08. The minimum Gasteiger partial charge on any atom is -0.309 e. The molecular formula is C32H21N3S. The number of nitrogens with zero attached hydrogens (tertiary/aromatic N) is 3. The van der Waals surface area contributed by atoms with E-state index in [1.807, 2.05) is 0 Å². The number of rotatable bonds is 2. The monoisotopic (exact) mass is 479 g/mol. The van der Waals surface area contributed by atoms with Gasteiger partial charge < -0.3 is 4.57 Å². The number of benzene rings is 5. The quantitative estimate of drug-likeness (QED) is 0.243. The van der Waals surface area contributed by atoms with Crippen molar-refractivity contribution in [3.05, 3.63) is 115 Å². The first-order valence-electron chi connectivity index (χ1n) is 12.2. The highest BCUT2D eigenvalue weighted by Crippen LogP contribution is 2.40. The Morgan fingerprint density at radius 2 is 1.39 bits per heavy atom. The summed E-state index contributed by atoms with van der Waals surface area (Å²) < 4.78 is 5.94. The van der Waals surface area contributed by atoms with Crippen molar-refractivity contribution in [3.8, 4) is 16.8 Å². The summed E-state index contributed by atoms with van der Waals surface area (Å²) in [5.74, 6) is 0. The molecule has 4 heteroatoms. The van der Waals surface area contributed by atoms with Crippen LogP contribution in [-0.4, -0.2) is 14.0 Å². The third-order valence-electron chi connectivity index (χ3n) is 7.20. The van der Waals surface area contributed by atoms with Gasteiger partial charge in [-0.25, -0.2) is 4.98 Å². The fourth-order valence-electron chi connectivity index (χ4n) is 5.59. The van der Waals surface area contributed by atoms with Gasteiger partial charge in [0.05, 0.1) is 32.3 Å². The van der Waals surface area contributed by atoms with Gasteiger partial charge in [0.15, 0.2) is 4.96 Å². The van der Waals surface area contributed by atoms with Gasteiger partial charge in [-0.1, -0.05) is 71.5 Å². The number of para-hydroxylation sites is 3. The first kappa shape index (κ1) is 19.8.